The number of aliphatic imine (C=N–C) groups is 1. The number of allylic oxidation sites excluding steroid dienone is 4. The Labute approximate surface area is 103 Å². The Morgan fingerprint density at radius 1 is 1.18 bits per heavy atom. The summed E-state index contributed by atoms with van der Waals surface area (Å²) >= 11 is 0. The highest BCUT2D eigenvalue weighted by Gasteiger charge is 2.41. The molecule has 1 aliphatic heterocycles. The standard InChI is InChI=1S/C16H17N/c1-3-12-8-7-11-16(4-2)13-9-5-6-10-14(13)17-15(12)16/h5-11H,3-4H2,1-2H3/t16-/m1/s1. The lowest BCUT2D eigenvalue weighted by Crippen LogP contribution is -2.33. The fourth-order valence-electron chi connectivity index (χ4n) is 2.99. The molecule has 0 aromatic heterocycles. The molecule has 1 nitrogen and oxygen atoms in total. The summed E-state index contributed by atoms with van der Waals surface area (Å²) in [6.45, 7) is 4.46. The molecule has 0 saturated heterocycles. The molecule has 1 aromatic rings. The van der Waals surface area contributed by atoms with Gasteiger partial charge < -0.3 is 0 Å². The minimum absolute atomic E-state index is 0.0384. The zero-order valence-corrected chi connectivity index (χ0v) is 10.4. The lowest BCUT2D eigenvalue weighted by molar-refractivity contribution is 0.692. The molecular weight excluding hydrogens is 206 g/mol. The van der Waals surface area contributed by atoms with Gasteiger partial charge in [-0.15, -0.1) is 0 Å². The SMILES string of the molecule is CCC1=CC=C[C@@]2(CC)C1=Nc1ccccc12. The number of hydrogen-bond donors (Lipinski definition) is 0. The highest BCUT2D eigenvalue weighted by atomic mass is 14.8. The van der Waals surface area contributed by atoms with Gasteiger partial charge in [-0.05, 0) is 30.0 Å². The zero-order chi connectivity index (χ0) is 11.9. The van der Waals surface area contributed by atoms with E-state index >= 15 is 0 Å². The van der Waals surface area contributed by atoms with E-state index in [1.165, 1.54) is 16.8 Å². The third-order valence-corrected chi connectivity index (χ3v) is 3.96. The molecule has 2 aliphatic rings. The van der Waals surface area contributed by atoms with Gasteiger partial charge in [0.2, 0.25) is 0 Å². The summed E-state index contributed by atoms with van der Waals surface area (Å²) in [6, 6.07) is 8.53. The number of benzene rings is 1. The number of nitrogens with zero attached hydrogens (tertiary/aromatic N) is 1. The second-order valence-corrected chi connectivity index (χ2v) is 4.71. The maximum absolute atomic E-state index is 4.87. The lowest BCUT2D eigenvalue weighted by atomic mass is 9.70. The Balaban J connectivity index is 2.25. The van der Waals surface area contributed by atoms with Gasteiger partial charge >= 0.3 is 0 Å². The largest absolute Gasteiger partial charge is 0.252 e. The zero-order valence-electron chi connectivity index (χ0n) is 10.4. The minimum Gasteiger partial charge on any atom is -0.252 e. The number of rotatable bonds is 2. The summed E-state index contributed by atoms with van der Waals surface area (Å²) in [5.41, 5.74) is 5.20. The summed E-state index contributed by atoms with van der Waals surface area (Å²) in [4.78, 5) is 4.87. The van der Waals surface area contributed by atoms with Crippen LogP contribution in [0.5, 0.6) is 0 Å². The Hall–Kier alpha value is -1.63. The predicted molar refractivity (Wildman–Crippen MR) is 73.0 cm³/mol. The van der Waals surface area contributed by atoms with Crippen molar-refractivity contribution < 1.29 is 0 Å². The number of fused-ring (bicyclic) bond motifs is 3. The Kier molecular flexibility index (Phi) is 2.29. The molecule has 1 aromatic carbocycles. The van der Waals surface area contributed by atoms with Crippen LogP contribution in [0.2, 0.25) is 0 Å². The van der Waals surface area contributed by atoms with E-state index in [1.54, 1.807) is 0 Å². The second-order valence-electron chi connectivity index (χ2n) is 4.71. The molecule has 0 unspecified atom stereocenters. The van der Waals surface area contributed by atoms with Crippen molar-refractivity contribution in [2.75, 3.05) is 0 Å². The fraction of sp³-hybridized carbons (Fsp3) is 0.312. The van der Waals surface area contributed by atoms with E-state index in [-0.39, 0.29) is 5.41 Å². The fourth-order valence-corrected chi connectivity index (χ4v) is 2.99. The topological polar surface area (TPSA) is 12.4 Å². The maximum Gasteiger partial charge on any atom is 0.0678 e. The molecule has 0 bridgehead atoms. The van der Waals surface area contributed by atoms with Crippen LogP contribution in [0.1, 0.15) is 32.3 Å². The van der Waals surface area contributed by atoms with E-state index in [4.69, 9.17) is 4.99 Å². The van der Waals surface area contributed by atoms with Gasteiger partial charge in [0.25, 0.3) is 0 Å². The van der Waals surface area contributed by atoms with Crippen LogP contribution in [-0.2, 0) is 5.41 Å². The average Bonchev–Trinajstić information content (AvgIpc) is 2.73. The van der Waals surface area contributed by atoms with Gasteiger partial charge in [-0.25, -0.2) is 0 Å². The van der Waals surface area contributed by atoms with Crippen LogP contribution >= 0.6 is 0 Å². The van der Waals surface area contributed by atoms with Crippen molar-refractivity contribution in [3.8, 4) is 0 Å². The summed E-state index contributed by atoms with van der Waals surface area (Å²) in [5.74, 6) is 0. The molecule has 1 aliphatic carbocycles. The maximum atomic E-state index is 4.87. The molecule has 1 heteroatoms. The van der Waals surface area contributed by atoms with Gasteiger partial charge in [-0.3, -0.25) is 4.99 Å². The van der Waals surface area contributed by atoms with Gasteiger partial charge in [-0.2, -0.15) is 0 Å². The summed E-state index contributed by atoms with van der Waals surface area (Å²) in [6.07, 6.45) is 8.86. The lowest BCUT2D eigenvalue weighted by Gasteiger charge is -2.30. The van der Waals surface area contributed by atoms with Crippen molar-refractivity contribution in [2.45, 2.75) is 32.1 Å². The van der Waals surface area contributed by atoms with Crippen LogP contribution in [-0.4, -0.2) is 5.71 Å². The first-order chi connectivity index (χ1) is 8.31. The van der Waals surface area contributed by atoms with Crippen LogP contribution < -0.4 is 0 Å². The van der Waals surface area contributed by atoms with E-state index in [9.17, 15) is 0 Å². The highest BCUT2D eigenvalue weighted by Crippen LogP contribution is 2.47. The van der Waals surface area contributed by atoms with Gasteiger partial charge in [0, 0.05) is 0 Å². The second kappa shape index (κ2) is 3.69. The molecule has 86 valence electrons. The van der Waals surface area contributed by atoms with Crippen molar-refractivity contribution in [1.82, 2.24) is 0 Å². The van der Waals surface area contributed by atoms with Crippen molar-refractivity contribution in [3.63, 3.8) is 0 Å². The smallest absolute Gasteiger partial charge is 0.0678 e. The molecular formula is C16H17N. The Morgan fingerprint density at radius 2 is 2.00 bits per heavy atom. The van der Waals surface area contributed by atoms with Crippen LogP contribution in [0, 0.1) is 0 Å². The van der Waals surface area contributed by atoms with Gasteiger partial charge in [0.05, 0.1) is 16.8 Å². The van der Waals surface area contributed by atoms with E-state index in [0.717, 1.165) is 18.5 Å². The highest BCUT2D eigenvalue weighted by molar-refractivity contribution is 6.14. The molecule has 0 spiro atoms. The van der Waals surface area contributed by atoms with E-state index in [1.807, 2.05) is 0 Å². The molecule has 0 radical (unpaired) electrons. The molecule has 17 heavy (non-hydrogen) atoms. The van der Waals surface area contributed by atoms with Crippen molar-refractivity contribution in [3.05, 3.63) is 53.6 Å². The Bertz CT molecular complexity index is 548. The van der Waals surface area contributed by atoms with Crippen LogP contribution in [0.4, 0.5) is 5.69 Å². The van der Waals surface area contributed by atoms with Gasteiger partial charge in [0.1, 0.15) is 0 Å². The van der Waals surface area contributed by atoms with Crippen LogP contribution in [0.15, 0.2) is 53.1 Å². The summed E-state index contributed by atoms with van der Waals surface area (Å²) in [7, 11) is 0. The molecule has 1 atom stereocenters. The van der Waals surface area contributed by atoms with Gasteiger partial charge in [-0.1, -0.05) is 50.3 Å². The molecule has 1 heterocycles. The van der Waals surface area contributed by atoms with E-state index in [0.29, 0.717) is 0 Å². The number of para-hydroxylation sites is 1. The normalized spacial score (nSPS) is 25.1. The van der Waals surface area contributed by atoms with E-state index < -0.39 is 0 Å². The minimum atomic E-state index is 0.0384. The first-order valence-corrected chi connectivity index (χ1v) is 6.39. The van der Waals surface area contributed by atoms with Crippen molar-refractivity contribution in [2.24, 2.45) is 4.99 Å². The summed E-state index contributed by atoms with van der Waals surface area (Å²) in [5, 5.41) is 0. The third kappa shape index (κ3) is 1.28. The third-order valence-electron chi connectivity index (χ3n) is 3.96. The van der Waals surface area contributed by atoms with Crippen molar-refractivity contribution >= 4 is 11.4 Å². The Morgan fingerprint density at radius 3 is 2.76 bits per heavy atom. The average molecular weight is 223 g/mol. The van der Waals surface area contributed by atoms with Crippen LogP contribution in [0.25, 0.3) is 0 Å². The first-order valence-electron chi connectivity index (χ1n) is 6.39. The van der Waals surface area contributed by atoms with Crippen LogP contribution in [0.3, 0.4) is 0 Å². The predicted octanol–water partition coefficient (Wildman–Crippen LogP) is 4.33. The number of hydrogen-bond acceptors (Lipinski definition) is 1. The molecule has 0 amide bonds. The van der Waals surface area contributed by atoms with E-state index in [2.05, 4.69) is 56.3 Å². The summed E-state index contributed by atoms with van der Waals surface area (Å²) < 4.78 is 0. The van der Waals surface area contributed by atoms with Crippen molar-refractivity contribution in [1.29, 1.82) is 0 Å². The monoisotopic (exact) mass is 223 g/mol. The first kappa shape index (κ1) is 10.5. The van der Waals surface area contributed by atoms with Gasteiger partial charge in [0.15, 0.2) is 0 Å². The molecule has 0 N–H and O–H groups in total. The molecule has 0 fully saturated rings. The molecule has 3 rings (SSSR count). The quantitative estimate of drug-likeness (QED) is 0.707. The molecule has 0 saturated carbocycles.